The van der Waals surface area contributed by atoms with Crippen LogP contribution in [0.5, 0.6) is 0 Å². The van der Waals surface area contributed by atoms with Crippen LogP contribution < -0.4 is 0 Å². The number of hydrogen-bond acceptors (Lipinski definition) is 3. The van der Waals surface area contributed by atoms with Crippen molar-refractivity contribution >= 4 is 23.2 Å². The van der Waals surface area contributed by atoms with Gasteiger partial charge in [0.25, 0.3) is 5.69 Å². The molecule has 0 radical (unpaired) electrons. The zero-order valence-electron chi connectivity index (χ0n) is 11.3. The highest BCUT2D eigenvalue weighted by Crippen LogP contribution is 2.28. The van der Waals surface area contributed by atoms with Crippen LogP contribution in [0, 0.1) is 16.0 Å². The van der Waals surface area contributed by atoms with E-state index in [0.29, 0.717) is 18.9 Å². The molecule has 1 aromatic carbocycles. The zero-order valence-corrected chi connectivity index (χ0v) is 12.1. The summed E-state index contributed by atoms with van der Waals surface area (Å²) in [5.41, 5.74) is 0.632. The van der Waals surface area contributed by atoms with E-state index in [4.69, 9.17) is 11.6 Å². The van der Waals surface area contributed by atoms with Crippen LogP contribution in [0.25, 0.3) is 0 Å². The van der Waals surface area contributed by atoms with Gasteiger partial charge in [0.15, 0.2) is 0 Å². The van der Waals surface area contributed by atoms with Gasteiger partial charge >= 0.3 is 0 Å². The lowest BCUT2D eigenvalue weighted by molar-refractivity contribution is -0.384. The number of carbonyl (C=O) groups excluding carboxylic acids is 1. The van der Waals surface area contributed by atoms with Crippen LogP contribution in [0.15, 0.2) is 18.2 Å². The minimum atomic E-state index is -0.502. The molecule has 2 rings (SSSR count). The molecule has 5 nitrogen and oxygen atoms in total. The van der Waals surface area contributed by atoms with E-state index in [0.717, 1.165) is 24.9 Å². The lowest BCUT2D eigenvalue weighted by atomic mass is 10.0. The van der Waals surface area contributed by atoms with Crippen molar-refractivity contribution in [1.29, 1.82) is 0 Å². The SMILES string of the molecule is CCCC1CC(=O)N(Cc2ccc(Cl)c([N+](=O)[O-])c2)C1. The van der Waals surface area contributed by atoms with Crippen LogP contribution >= 0.6 is 11.6 Å². The van der Waals surface area contributed by atoms with Gasteiger partial charge in [-0.3, -0.25) is 14.9 Å². The molecule has 0 spiro atoms. The number of likely N-dealkylation sites (tertiary alicyclic amines) is 1. The summed E-state index contributed by atoms with van der Waals surface area (Å²) in [5, 5.41) is 11.0. The van der Waals surface area contributed by atoms with Crippen molar-refractivity contribution in [2.75, 3.05) is 6.54 Å². The summed E-state index contributed by atoms with van der Waals surface area (Å²) in [5.74, 6) is 0.538. The number of nitrogens with zero attached hydrogens (tertiary/aromatic N) is 2. The van der Waals surface area contributed by atoms with Crippen LogP contribution in [0.3, 0.4) is 0 Å². The predicted molar refractivity (Wildman–Crippen MR) is 76.5 cm³/mol. The van der Waals surface area contributed by atoms with E-state index in [-0.39, 0.29) is 16.6 Å². The predicted octanol–water partition coefficient (Wildman–Crippen LogP) is 3.40. The Morgan fingerprint density at radius 2 is 2.25 bits per heavy atom. The standard InChI is InChI=1S/C14H17ClN2O3/c1-2-3-10-7-14(18)16(8-10)9-11-4-5-12(15)13(6-11)17(19)20/h4-6,10H,2-3,7-9H2,1H3. The summed E-state index contributed by atoms with van der Waals surface area (Å²) in [4.78, 5) is 24.0. The number of benzene rings is 1. The fraction of sp³-hybridized carbons (Fsp3) is 0.500. The number of hydrogen-bond donors (Lipinski definition) is 0. The second-order valence-electron chi connectivity index (χ2n) is 5.18. The Bertz CT molecular complexity index is 533. The van der Waals surface area contributed by atoms with Crippen molar-refractivity contribution in [3.05, 3.63) is 38.9 Å². The lowest BCUT2D eigenvalue weighted by Gasteiger charge is -2.16. The van der Waals surface area contributed by atoms with Crippen LogP contribution in [0.4, 0.5) is 5.69 Å². The molecule has 1 aliphatic rings. The van der Waals surface area contributed by atoms with E-state index >= 15 is 0 Å². The number of nitro groups is 1. The molecule has 1 atom stereocenters. The van der Waals surface area contributed by atoms with Crippen molar-refractivity contribution in [1.82, 2.24) is 4.90 Å². The summed E-state index contributed by atoms with van der Waals surface area (Å²) < 4.78 is 0. The maximum Gasteiger partial charge on any atom is 0.288 e. The number of rotatable bonds is 5. The topological polar surface area (TPSA) is 63.5 Å². The average molecular weight is 297 g/mol. The highest BCUT2D eigenvalue weighted by Gasteiger charge is 2.29. The van der Waals surface area contributed by atoms with E-state index in [1.54, 1.807) is 11.0 Å². The van der Waals surface area contributed by atoms with Crippen molar-refractivity contribution in [2.45, 2.75) is 32.7 Å². The fourth-order valence-electron chi connectivity index (χ4n) is 2.63. The Morgan fingerprint density at radius 3 is 2.90 bits per heavy atom. The number of halogens is 1. The van der Waals surface area contributed by atoms with Gasteiger partial charge in [-0.05, 0) is 24.0 Å². The van der Waals surface area contributed by atoms with Crippen LogP contribution in [0.2, 0.25) is 5.02 Å². The average Bonchev–Trinajstić information content (AvgIpc) is 2.72. The van der Waals surface area contributed by atoms with Crippen LogP contribution in [-0.2, 0) is 11.3 Å². The minimum Gasteiger partial charge on any atom is -0.338 e. The Hall–Kier alpha value is -1.62. The Kier molecular flexibility index (Phi) is 4.60. The third-order valence-corrected chi connectivity index (χ3v) is 3.89. The van der Waals surface area contributed by atoms with Gasteiger partial charge in [0.2, 0.25) is 5.91 Å². The van der Waals surface area contributed by atoms with Gasteiger partial charge < -0.3 is 4.90 Å². The molecule has 1 aliphatic heterocycles. The maximum absolute atomic E-state index is 11.9. The molecule has 108 valence electrons. The number of nitro benzene ring substituents is 1. The van der Waals surface area contributed by atoms with Gasteiger partial charge in [0.1, 0.15) is 5.02 Å². The third-order valence-electron chi connectivity index (χ3n) is 3.57. The first-order valence-electron chi connectivity index (χ1n) is 6.71. The zero-order chi connectivity index (χ0) is 14.7. The first-order chi connectivity index (χ1) is 9.51. The molecule has 0 aromatic heterocycles. The summed E-state index contributed by atoms with van der Waals surface area (Å²) in [6.45, 7) is 3.26. The Morgan fingerprint density at radius 1 is 1.50 bits per heavy atom. The quantitative estimate of drug-likeness (QED) is 0.618. The van der Waals surface area contributed by atoms with E-state index in [9.17, 15) is 14.9 Å². The smallest absolute Gasteiger partial charge is 0.288 e. The highest BCUT2D eigenvalue weighted by atomic mass is 35.5. The van der Waals surface area contributed by atoms with E-state index in [1.165, 1.54) is 12.1 Å². The summed E-state index contributed by atoms with van der Waals surface area (Å²) in [7, 11) is 0. The molecule has 1 amide bonds. The van der Waals surface area contributed by atoms with Gasteiger partial charge in [-0.1, -0.05) is 31.0 Å². The lowest BCUT2D eigenvalue weighted by Crippen LogP contribution is -2.24. The molecule has 6 heteroatoms. The molecular weight excluding hydrogens is 280 g/mol. The summed E-state index contributed by atoms with van der Waals surface area (Å²) >= 11 is 5.78. The largest absolute Gasteiger partial charge is 0.338 e. The molecule has 1 fully saturated rings. The van der Waals surface area contributed by atoms with Gasteiger partial charge in [-0.15, -0.1) is 0 Å². The van der Waals surface area contributed by atoms with Crippen LogP contribution in [-0.4, -0.2) is 22.3 Å². The molecular formula is C14H17ClN2O3. The third kappa shape index (κ3) is 3.28. The Labute approximate surface area is 122 Å². The fourth-order valence-corrected chi connectivity index (χ4v) is 2.81. The number of amides is 1. The van der Waals surface area contributed by atoms with Gasteiger partial charge in [0, 0.05) is 25.6 Å². The van der Waals surface area contributed by atoms with Gasteiger partial charge in [-0.25, -0.2) is 0 Å². The molecule has 1 unspecified atom stereocenters. The first-order valence-corrected chi connectivity index (χ1v) is 7.09. The van der Waals surface area contributed by atoms with E-state index in [1.807, 2.05) is 0 Å². The van der Waals surface area contributed by atoms with Gasteiger partial charge in [0.05, 0.1) is 4.92 Å². The van der Waals surface area contributed by atoms with Crippen molar-refractivity contribution in [3.8, 4) is 0 Å². The molecule has 1 heterocycles. The minimum absolute atomic E-state index is 0.110. The monoisotopic (exact) mass is 296 g/mol. The van der Waals surface area contributed by atoms with Crippen LogP contribution in [0.1, 0.15) is 31.7 Å². The summed E-state index contributed by atoms with van der Waals surface area (Å²) in [6.07, 6.45) is 2.70. The molecule has 1 saturated heterocycles. The Balaban J connectivity index is 2.09. The molecule has 20 heavy (non-hydrogen) atoms. The maximum atomic E-state index is 11.9. The van der Waals surface area contributed by atoms with E-state index < -0.39 is 4.92 Å². The molecule has 0 N–H and O–H groups in total. The molecule has 0 bridgehead atoms. The molecule has 0 saturated carbocycles. The summed E-state index contributed by atoms with van der Waals surface area (Å²) in [6, 6.07) is 4.69. The molecule has 1 aromatic rings. The van der Waals surface area contributed by atoms with Gasteiger partial charge in [-0.2, -0.15) is 0 Å². The van der Waals surface area contributed by atoms with Crippen molar-refractivity contribution in [2.24, 2.45) is 5.92 Å². The second kappa shape index (κ2) is 6.22. The normalized spacial score (nSPS) is 18.6. The number of carbonyl (C=O) groups is 1. The van der Waals surface area contributed by atoms with Crippen molar-refractivity contribution in [3.63, 3.8) is 0 Å². The second-order valence-corrected chi connectivity index (χ2v) is 5.58. The highest BCUT2D eigenvalue weighted by molar-refractivity contribution is 6.32. The van der Waals surface area contributed by atoms with Crippen molar-refractivity contribution < 1.29 is 9.72 Å². The molecule has 0 aliphatic carbocycles. The van der Waals surface area contributed by atoms with E-state index in [2.05, 4.69) is 6.92 Å². The first kappa shape index (κ1) is 14.8.